The van der Waals surface area contributed by atoms with Gasteiger partial charge >= 0.3 is 5.97 Å². The third-order valence-corrected chi connectivity index (χ3v) is 4.39. The van der Waals surface area contributed by atoms with Gasteiger partial charge in [0.15, 0.2) is 5.66 Å². The van der Waals surface area contributed by atoms with Crippen molar-refractivity contribution in [3.63, 3.8) is 0 Å². The maximum absolute atomic E-state index is 12.0. The summed E-state index contributed by atoms with van der Waals surface area (Å²) in [6.45, 7) is 2.53. The zero-order valence-corrected chi connectivity index (χ0v) is 16.6. The van der Waals surface area contributed by atoms with Crippen LogP contribution in [-0.2, 0) is 14.3 Å². The topological polar surface area (TPSA) is 109 Å². The molecule has 154 valence electrons. The maximum Gasteiger partial charge on any atom is 0.338 e. The van der Waals surface area contributed by atoms with Crippen LogP contribution in [-0.4, -0.2) is 36.6 Å². The van der Waals surface area contributed by atoms with Crippen LogP contribution in [0.4, 0.5) is 5.69 Å². The number of ether oxygens (including phenoxy) is 1. The molecule has 29 heavy (non-hydrogen) atoms. The molecule has 0 saturated heterocycles. The number of hydrogen-bond donors (Lipinski definition) is 2. The van der Waals surface area contributed by atoms with E-state index < -0.39 is 11.6 Å². The number of carbonyl (C=O) groups is 3. The number of carbonyl (C=O) groups excluding carboxylic acids is 3. The second-order valence-corrected chi connectivity index (χ2v) is 6.69. The molecule has 2 amide bonds. The third kappa shape index (κ3) is 7.74. The maximum atomic E-state index is 12.0. The van der Waals surface area contributed by atoms with E-state index in [1.807, 2.05) is 0 Å². The van der Waals surface area contributed by atoms with Crippen LogP contribution in [0.5, 0.6) is 0 Å². The molecule has 1 aliphatic rings. The molecule has 0 bridgehead atoms. The largest absolute Gasteiger partial charge is 0.462 e. The molecule has 8 nitrogen and oxygen atoms in total. The van der Waals surface area contributed by atoms with E-state index in [4.69, 9.17) is 11.2 Å². The monoisotopic (exact) mass is 398 g/mol. The first-order chi connectivity index (χ1) is 14.0. The van der Waals surface area contributed by atoms with E-state index >= 15 is 0 Å². The molecule has 2 rings (SSSR count). The van der Waals surface area contributed by atoms with Crippen molar-refractivity contribution in [2.24, 2.45) is 10.2 Å². The fourth-order valence-corrected chi connectivity index (χ4v) is 2.70. The number of amides is 2. The minimum absolute atomic E-state index is 0.107. The Bertz CT molecular complexity index is 790. The smallest absolute Gasteiger partial charge is 0.338 e. The van der Waals surface area contributed by atoms with Crippen molar-refractivity contribution in [3.8, 4) is 12.3 Å². The molecule has 0 aliphatic carbocycles. The summed E-state index contributed by atoms with van der Waals surface area (Å²) in [6.07, 6.45) is 8.14. The minimum Gasteiger partial charge on any atom is -0.462 e. The highest BCUT2D eigenvalue weighted by atomic mass is 16.5. The van der Waals surface area contributed by atoms with Gasteiger partial charge in [0.25, 0.3) is 0 Å². The van der Waals surface area contributed by atoms with E-state index in [1.165, 1.54) is 0 Å². The highest BCUT2D eigenvalue weighted by Gasteiger charge is 2.38. The lowest BCUT2D eigenvalue weighted by atomic mass is 10.0. The molecular weight excluding hydrogens is 372 g/mol. The summed E-state index contributed by atoms with van der Waals surface area (Å²) in [6, 6.07) is 6.47. The molecule has 0 fully saturated rings. The fraction of sp³-hybridized carbons (Fsp3) is 0.476. The van der Waals surface area contributed by atoms with Crippen LogP contribution >= 0.6 is 0 Å². The van der Waals surface area contributed by atoms with Gasteiger partial charge in [0.1, 0.15) is 0 Å². The van der Waals surface area contributed by atoms with E-state index in [0.717, 1.165) is 0 Å². The zero-order valence-electron chi connectivity index (χ0n) is 16.6. The molecule has 1 heterocycles. The number of terminal acetylenes is 1. The van der Waals surface area contributed by atoms with Gasteiger partial charge in [0.05, 0.1) is 12.2 Å². The van der Waals surface area contributed by atoms with Gasteiger partial charge in [-0.2, -0.15) is 10.2 Å². The van der Waals surface area contributed by atoms with Crippen molar-refractivity contribution in [1.29, 1.82) is 0 Å². The Balaban J connectivity index is 1.60. The number of esters is 1. The first-order valence-corrected chi connectivity index (χ1v) is 9.69. The molecule has 0 unspecified atom stereocenters. The van der Waals surface area contributed by atoms with Gasteiger partial charge in [-0.1, -0.05) is 0 Å². The summed E-state index contributed by atoms with van der Waals surface area (Å²) in [5.74, 6) is 1.87. The lowest BCUT2D eigenvalue weighted by Gasteiger charge is -2.10. The SMILES string of the molecule is C#CCCC1(CCNC(=O)CCCC(=O)Nc2ccc(C(=O)OCC)cc2)N=N1. The molecule has 0 saturated carbocycles. The molecule has 8 heteroatoms. The molecule has 1 aliphatic heterocycles. The molecule has 0 radical (unpaired) electrons. The highest BCUT2D eigenvalue weighted by molar-refractivity contribution is 5.93. The minimum atomic E-state index is -0.401. The first kappa shape index (κ1) is 22.1. The molecule has 0 spiro atoms. The van der Waals surface area contributed by atoms with Crippen LogP contribution in [0.15, 0.2) is 34.5 Å². The Kier molecular flexibility index (Phi) is 8.34. The Labute approximate surface area is 170 Å². The summed E-state index contributed by atoms with van der Waals surface area (Å²) < 4.78 is 4.91. The van der Waals surface area contributed by atoms with Gasteiger partial charge in [0.2, 0.25) is 11.8 Å². The van der Waals surface area contributed by atoms with Crippen LogP contribution in [0.25, 0.3) is 0 Å². The summed E-state index contributed by atoms with van der Waals surface area (Å²) in [7, 11) is 0. The van der Waals surface area contributed by atoms with Crippen molar-refractivity contribution in [2.45, 2.75) is 51.1 Å². The highest BCUT2D eigenvalue weighted by Crippen LogP contribution is 2.35. The predicted octanol–water partition coefficient (Wildman–Crippen LogP) is 3.05. The second-order valence-electron chi connectivity index (χ2n) is 6.69. The second kappa shape index (κ2) is 11.0. The van der Waals surface area contributed by atoms with Crippen LogP contribution < -0.4 is 10.6 Å². The molecular formula is C21H26N4O4. The number of anilines is 1. The third-order valence-electron chi connectivity index (χ3n) is 4.39. The Hall–Kier alpha value is -3.21. The van der Waals surface area contributed by atoms with Crippen molar-refractivity contribution in [2.75, 3.05) is 18.5 Å². The van der Waals surface area contributed by atoms with E-state index in [1.54, 1.807) is 31.2 Å². The van der Waals surface area contributed by atoms with Crippen LogP contribution in [0.1, 0.15) is 55.8 Å². The predicted molar refractivity (Wildman–Crippen MR) is 108 cm³/mol. The average molecular weight is 398 g/mol. The van der Waals surface area contributed by atoms with Gasteiger partial charge < -0.3 is 15.4 Å². The van der Waals surface area contributed by atoms with Crippen LogP contribution in [0, 0.1) is 12.3 Å². The number of benzene rings is 1. The van der Waals surface area contributed by atoms with E-state index in [2.05, 4.69) is 26.8 Å². The quantitative estimate of drug-likeness (QED) is 0.416. The summed E-state index contributed by atoms with van der Waals surface area (Å²) in [5.41, 5.74) is 0.610. The molecule has 1 aromatic carbocycles. The number of hydrogen-bond acceptors (Lipinski definition) is 6. The zero-order chi connectivity index (χ0) is 21.1. The number of rotatable bonds is 12. The average Bonchev–Trinajstić information content (AvgIpc) is 3.47. The van der Waals surface area contributed by atoms with Gasteiger partial charge in [0, 0.05) is 44.3 Å². The van der Waals surface area contributed by atoms with Crippen LogP contribution in [0.3, 0.4) is 0 Å². The molecule has 0 aromatic heterocycles. The van der Waals surface area contributed by atoms with Crippen molar-refractivity contribution >= 4 is 23.5 Å². The van der Waals surface area contributed by atoms with Crippen molar-refractivity contribution in [3.05, 3.63) is 29.8 Å². The van der Waals surface area contributed by atoms with Crippen molar-refractivity contribution in [1.82, 2.24) is 5.32 Å². The Morgan fingerprint density at radius 1 is 1.10 bits per heavy atom. The molecule has 0 atom stereocenters. The van der Waals surface area contributed by atoms with E-state index in [-0.39, 0.29) is 24.7 Å². The fourth-order valence-electron chi connectivity index (χ4n) is 2.70. The number of nitrogens with one attached hydrogen (secondary N) is 2. The Morgan fingerprint density at radius 3 is 2.41 bits per heavy atom. The summed E-state index contributed by atoms with van der Waals surface area (Å²) >= 11 is 0. The first-order valence-electron chi connectivity index (χ1n) is 9.69. The lowest BCUT2D eigenvalue weighted by molar-refractivity contribution is -0.121. The van der Waals surface area contributed by atoms with E-state index in [0.29, 0.717) is 50.1 Å². The van der Waals surface area contributed by atoms with Crippen molar-refractivity contribution < 1.29 is 19.1 Å². The van der Waals surface area contributed by atoms with Gasteiger partial charge in [-0.3, -0.25) is 9.59 Å². The van der Waals surface area contributed by atoms with E-state index in [9.17, 15) is 14.4 Å². The normalized spacial score (nSPS) is 13.2. The standard InChI is InChI=1S/C21H26N4O4/c1-3-5-13-21(24-25-21)14-15-22-18(26)7-6-8-19(27)23-17-11-9-16(10-12-17)20(28)29-4-2/h1,9-12H,4-8,13-15H2,2H3,(H,22,26)(H,23,27). The molecule has 1 aromatic rings. The van der Waals surface area contributed by atoms with Crippen LogP contribution in [0.2, 0.25) is 0 Å². The van der Waals surface area contributed by atoms with Gasteiger partial charge in [-0.15, -0.1) is 12.3 Å². The van der Waals surface area contributed by atoms with Gasteiger partial charge in [-0.05, 0) is 37.6 Å². The summed E-state index contributed by atoms with van der Waals surface area (Å²) in [5, 5.41) is 13.6. The van der Waals surface area contributed by atoms with Gasteiger partial charge in [-0.25, -0.2) is 4.79 Å². The lowest BCUT2D eigenvalue weighted by Crippen LogP contribution is -2.28. The number of nitrogens with zero attached hydrogens (tertiary/aromatic N) is 2. The summed E-state index contributed by atoms with van der Waals surface area (Å²) in [4.78, 5) is 35.5. The molecule has 2 N–H and O–H groups in total. The Morgan fingerprint density at radius 2 is 1.79 bits per heavy atom.